The van der Waals surface area contributed by atoms with Crippen LogP contribution in [0.1, 0.15) is 44.1 Å². The number of aromatic nitrogens is 1. The van der Waals surface area contributed by atoms with E-state index in [-0.39, 0.29) is 0 Å². The summed E-state index contributed by atoms with van der Waals surface area (Å²) in [4.78, 5) is 0. The van der Waals surface area contributed by atoms with Crippen molar-refractivity contribution in [3.63, 3.8) is 0 Å². The van der Waals surface area contributed by atoms with Crippen LogP contribution < -0.4 is 5.32 Å². The molecule has 0 amide bonds. The Kier molecular flexibility index (Phi) is 3.25. The summed E-state index contributed by atoms with van der Waals surface area (Å²) in [7, 11) is 2.01. The second kappa shape index (κ2) is 4.53. The topological polar surface area (TPSA) is 17.0 Å². The van der Waals surface area contributed by atoms with Crippen molar-refractivity contribution in [1.82, 2.24) is 9.88 Å². The van der Waals surface area contributed by atoms with Crippen LogP contribution in [0.25, 0.3) is 10.9 Å². The molecule has 0 aliphatic rings. The Bertz CT molecular complexity index is 523. The Hall–Kier alpha value is -1.28. The SMILES string of the molecule is CNC(C)c1cc2cc(C)ccc2n1C(C)C. The molecule has 1 unspecified atom stereocenters. The zero-order chi connectivity index (χ0) is 12.6. The van der Waals surface area contributed by atoms with Crippen LogP contribution in [0.4, 0.5) is 0 Å². The van der Waals surface area contributed by atoms with Crippen LogP contribution in [0.15, 0.2) is 24.3 Å². The zero-order valence-corrected chi connectivity index (χ0v) is 11.4. The fraction of sp³-hybridized carbons (Fsp3) is 0.467. The molecule has 2 nitrogen and oxygen atoms in total. The molecule has 2 rings (SSSR count). The number of nitrogens with one attached hydrogen (secondary N) is 1. The van der Waals surface area contributed by atoms with Gasteiger partial charge in [0.1, 0.15) is 0 Å². The molecule has 0 saturated carbocycles. The second-order valence-electron chi connectivity index (χ2n) is 5.11. The summed E-state index contributed by atoms with van der Waals surface area (Å²) in [5.41, 5.74) is 4.02. The van der Waals surface area contributed by atoms with Gasteiger partial charge in [-0.05, 0) is 52.9 Å². The first-order chi connectivity index (χ1) is 8.04. The fourth-order valence-electron chi connectivity index (χ4n) is 2.43. The molecule has 0 aliphatic carbocycles. The molecule has 0 spiro atoms. The van der Waals surface area contributed by atoms with Gasteiger partial charge in [-0.15, -0.1) is 0 Å². The minimum atomic E-state index is 0.380. The van der Waals surface area contributed by atoms with E-state index >= 15 is 0 Å². The molecule has 0 saturated heterocycles. The zero-order valence-electron chi connectivity index (χ0n) is 11.4. The Labute approximate surface area is 104 Å². The molecule has 17 heavy (non-hydrogen) atoms. The first kappa shape index (κ1) is 12.2. The molecule has 0 bridgehead atoms. The monoisotopic (exact) mass is 230 g/mol. The van der Waals surface area contributed by atoms with Gasteiger partial charge in [0.05, 0.1) is 0 Å². The third kappa shape index (κ3) is 2.09. The third-order valence-electron chi connectivity index (χ3n) is 3.42. The Morgan fingerprint density at radius 1 is 1.12 bits per heavy atom. The van der Waals surface area contributed by atoms with Crippen LogP contribution in [0.3, 0.4) is 0 Å². The molecule has 1 heterocycles. The summed E-state index contributed by atoms with van der Waals surface area (Å²) in [5.74, 6) is 0. The minimum Gasteiger partial charge on any atom is -0.341 e. The van der Waals surface area contributed by atoms with Crippen LogP contribution >= 0.6 is 0 Å². The summed E-state index contributed by atoms with van der Waals surface area (Å²) in [5, 5.41) is 4.67. The highest BCUT2D eigenvalue weighted by Crippen LogP contribution is 2.28. The van der Waals surface area contributed by atoms with Crippen LogP contribution in [0, 0.1) is 6.92 Å². The van der Waals surface area contributed by atoms with Crippen LogP contribution in [-0.2, 0) is 0 Å². The van der Waals surface area contributed by atoms with Gasteiger partial charge < -0.3 is 9.88 Å². The normalized spacial score (nSPS) is 13.5. The molecule has 1 atom stereocenters. The largest absolute Gasteiger partial charge is 0.341 e. The van der Waals surface area contributed by atoms with Crippen LogP contribution in [-0.4, -0.2) is 11.6 Å². The Morgan fingerprint density at radius 3 is 2.41 bits per heavy atom. The lowest BCUT2D eigenvalue weighted by Gasteiger charge is -2.18. The lowest BCUT2D eigenvalue weighted by atomic mass is 10.1. The Morgan fingerprint density at radius 2 is 1.82 bits per heavy atom. The number of fused-ring (bicyclic) bond motifs is 1. The van der Waals surface area contributed by atoms with Crippen molar-refractivity contribution in [3.8, 4) is 0 Å². The molecule has 1 aromatic heterocycles. The Balaban J connectivity index is 2.70. The molecule has 0 aliphatic heterocycles. The number of aryl methyl sites for hydroxylation is 1. The van der Waals surface area contributed by atoms with Crippen LogP contribution in [0.5, 0.6) is 0 Å². The molecular weight excluding hydrogens is 208 g/mol. The van der Waals surface area contributed by atoms with E-state index in [0.717, 1.165) is 0 Å². The first-order valence-electron chi connectivity index (χ1n) is 6.33. The van der Waals surface area contributed by atoms with E-state index in [9.17, 15) is 0 Å². The highest BCUT2D eigenvalue weighted by molar-refractivity contribution is 5.82. The van der Waals surface area contributed by atoms with Crippen molar-refractivity contribution in [3.05, 3.63) is 35.5 Å². The number of nitrogens with zero attached hydrogens (tertiary/aromatic N) is 1. The van der Waals surface area contributed by atoms with Gasteiger partial charge in [-0.25, -0.2) is 0 Å². The van der Waals surface area contributed by atoms with Gasteiger partial charge in [0.2, 0.25) is 0 Å². The van der Waals surface area contributed by atoms with Gasteiger partial charge in [0.25, 0.3) is 0 Å². The maximum Gasteiger partial charge on any atom is 0.0485 e. The summed E-state index contributed by atoms with van der Waals surface area (Å²) in [6.07, 6.45) is 0. The van der Waals surface area contributed by atoms with E-state index in [1.807, 2.05) is 7.05 Å². The van der Waals surface area contributed by atoms with E-state index in [4.69, 9.17) is 0 Å². The van der Waals surface area contributed by atoms with Crippen LogP contribution in [0.2, 0.25) is 0 Å². The standard InChI is InChI=1S/C15H22N2/c1-10(2)17-14-7-6-11(3)8-13(14)9-15(17)12(4)16-5/h6-10,12,16H,1-5H3. The molecule has 0 radical (unpaired) electrons. The molecular formula is C15H22N2. The molecule has 92 valence electrons. The number of hydrogen-bond donors (Lipinski definition) is 1. The smallest absolute Gasteiger partial charge is 0.0485 e. The summed E-state index contributed by atoms with van der Waals surface area (Å²) < 4.78 is 2.43. The molecule has 2 heteroatoms. The predicted octanol–water partition coefficient (Wildman–Crippen LogP) is 3.81. The number of benzene rings is 1. The van der Waals surface area contributed by atoms with E-state index in [1.54, 1.807) is 0 Å². The van der Waals surface area contributed by atoms with Gasteiger partial charge >= 0.3 is 0 Å². The number of rotatable bonds is 3. The maximum absolute atomic E-state index is 3.33. The quantitative estimate of drug-likeness (QED) is 0.848. The predicted molar refractivity (Wildman–Crippen MR) is 74.5 cm³/mol. The van der Waals surface area contributed by atoms with Crippen molar-refractivity contribution in [2.75, 3.05) is 7.05 Å². The van der Waals surface area contributed by atoms with Crippen molar-refractivity contribution in [1.29, 1.82) is 0 Å². The van der Waals surface area contributed by atoms with Gasteiger partial charge in [0.15, 0.2) is 0 Å². The maximum atomic E-state index is 3.33. The summed E-state index contributed by atoms with van der Waals surface area (Å²) in [6.45, 7) is 8.84. The average Bonchev–Trinajstić information content (AvgIpc) is 2.66. The highest BCUT2D eigenvalue weighted by atomic mass is 15.0. The molecule has 1 aromatic carbocycles. The lowest BCUT2D eigenvalue weighted by Crippen LogP contribution is -2.17. The molecule has 1 N–H and O–H groups in total. The van der Waals surface area contributed by atoms with Gasteiger partial charge in [-0.1, -0.05) is 11.6 Å². The lowest BCUT2D eigenvalue weighted by molar-refractivity contribution is 0.535. The summed E-state index contributed by atoms with van der Waals surface area (Å²) >= 11 is 0. The van der Waals surface area contributed by atoms with E-state index in [2.05, 4.69) is 61.8 Å². The third-order valence-corrected chi connectivity index (χ3v) is 3.42. The van der Waals surface area contributed by atoms with Crippen molar-refractivity contribution in [2.24, 2.45) is 0 Å². The summed E-state index contributed by atoms with van der Waals surface area (Å²) in [6, 6.07) is 9.86. The minimum absolute atomic E-state index is 0.380. The molecule has 2 aromatic rings. The fourth-order valence-corrected chi connectivity index (χ4v) is 2.43. The first-order valence-corrected chi connectivity index (χ1v) is 6.33. The van der Waals surface area contributed by atoms with E-state index in [1.165, 1.54) is 22.2 Å². The van der Waals surface area contributed by atoms with Gasteiger partial charge in [-0.2, -0.15) is 0 Å². The average molecular weight is 230 g/mol. The van der Waals surface area contributed by atoms with E-state index < -0.39 is 0 Å². The highest BCUT2D eigenvalue weighted by Gasteiger charge is 2.15. The van der Waals surface area contributed by atoms with Crippen molar-refractivity contribution in [2.45, 2.75) is 39.8 Å². The number of hydrogen-bond acceptors (Lipinski definition) is 1. The molecule has 0 fully saturated rings. The van der Waals surface area contributed by atoms with Gasteiger partial charge in [0, 0.05) is 28.7 Å². The van der Waals surface area contributed by atoms with E-state index in [0.29, 0.717) is 12.1 Å². The van der Waals surface area contributed by atoms with Gasteiger partial charge in [-0.3, -0.25) is 0 Å². The second-order valence-corrected chi connectivity index (χ2v) is 5.11. The van der Waals surface area contributed by atoms with Crippen molar-refractivity contribution >= 4 is 10.9 Å². The van der Waals surface area contributed by atoms with Crippen molar-refractivity contribution < 1.29 is 0 Å².